The van der Waals surface area contributed by atoms with Gasteiger partial charge in [-0.25, -0.2) is 4.79 Å². The third-order valence-electron chi connectivity index (χ3n) is 5.23. The first-order valence-corrected chi connectivity index (χ1v) is 11.0. The number of hydrogen-bond donors (Lipinski definition) is 3. The van der Waals surface area contributed by atoms with E-state index < -0.39 is 11.9 Å². The summed E-state index contributed by atoms with van der Waals surface area (Å²) in [5.74, 6) is -1.68. The first kappa shape index (κ1) is 23.4. The Morgan fingerprint density at radius 1 is 0.914 bits per heavy atom. The first-order chi connectivity index (χ1) is 17.0. The molecule has 0 unspecified atom stereocenters. The van der Waals surface area contributed by atoms with Crippen molar-refractivity contribution in [3.63, 3.8) is 0 Å². The molecule has 8 nitrogen and oxygen atoms in total. The number of hydrogen-bond acceptors (Lipinski definition) is 7. The second-order valence-electron chi connectivity index (χ2n) is 7.65. The number of rotatable bonds is 8. The third-order valence-corrected chi connectivity index (χ3v) is 5.23. The Balaban J connectivity index is 1.94. The Labute approximate surface area is 201 Å². The maximum atomic E-state index is 13.3. The van der Waals surface area contributed by atoms with Crippen molar-refractivity contribution in [3.8, 4) is 28.1 Å². The van der Waals surface area contributed by atoms with Gasteiger partial charge in [-0.15, -0.1) is 10.2 Å². The second kappa shape index (κ2) is 10.5. The minimum absolute atomic E-state index is 0.0739. The van der Waals surface area contributed by atoms with Gasteiger partial charge in [0.15, 0.2) is 5.82 Å². The molecule has 0 saturated heterocycles. The summed E-state index contributed by atoms with van der Waals surface area (Å²) in [5, 5.41) is 31.2. The molecule has 0 radical (unpaired) electrons. The van der Waals surface area contributed by atoms with E-state index in [1.54, 1.807) is 6.92 Å². The highest BCUT2D eigenvalue weighted by atomic mass is 16.5. The summed E-state index contributed by atoms with van der Waals surface area (Å²) in [6.45, 7) is 1.86. The predicted octanol–water partition coefficient (Wildman–Crippen LogP) is 5.06. The van der Waals surface area contributed by atoms with Crippen LogP contribution in [0.1, 0.15) is 22.8 Å². The number of phenols is 1. The molecule has 0 saturated carbocycles. The van der Waals surface area contributed by atoms with Crippen molar-refractivity contribution >= 4 is 23.4 Å². The van der Waals surface area contributed by atoms with Crippen molar-refractivity contribution in [2.45, 2.75) is 13.3 Å². The van der Waals surface area contributed by atoms with E-state index in [0.717, 1.165) is 11.1 Å². The molecule has 0 atom stereocenters. The largest absolute Gasteiger partial charge is 0.506 e. The van der Waals surface area contributed by atoms with E-state index in [9.17, 15) is 14.7 Å². The quantitative estimate of drug-likeness (QED) is 0.242. The number of carboxylic acid groups (broad SMARTS) is 1. The van der Waals surface area contributed by atoms with Crippen LogP contribution in [0.5, 0.6) is 5.75 Å². The van der Waals surface area contributed by atoms with Gasteiger partial charge in [0.1, 0.15) is 17.0 Å². The van der Waals surface area contributed by atoms with Gasteiger partial charge in [-0.2, -0.15) is 0 Å². The van der Waals surface area contributed by atoms with Gasteiger partial charge in [0, 0.05) is 11.1 Å². The maximum Gasteiger partial charge on any atom is 0.342 e. The predicted molar refractivity (Wildman–Crippen MR) is 132 cm³/mol. The molecule has 0 amide bonds. The van der Waals surface area contributed by atoms with Gasteiger partial charge in [0.05, 0.1) is 18.7 Å². The van der Waals surface area contributed by atoms with Gasteiger partial charge in [-0.05, 0) is 30.2 Å². The summed E-state index contributed by atoms with van der Waals surface area (Å²) in [7, 11) is 0. The summed E-state index contributed by atoms with van der Waals surface area (Å²) in [6.07, 6.45) is -0.229. The monoisotopic (exact) mass is 469 g/mol. The standard InChI is InChI=1S/C27H23N3O5/c1-2-35-27(34)24-23(18-9-5-3-6-10-18)25(19-11-7-4-8-12-19)29-30-26(24)28-20-15-17(16-22(32)33)13-14-21(20)31/h3-15,31H,2,16H2,1H3,(H,28,30)(H,32,33). The number of phenolic OH excluding ortho intramolecular Hbond substituents is 1. The molecule has 8 heteroatoms. The number of anilines is 2. The van der Waals surface area contributed by atoms with Crippen molar-refractivity contribution in [1.29, 1.82) is 0 Å². The Morgan fingerprint density at radius 3 is 2.20 bits per heavy atom. The fourth-order valence-corrected chi connectivity index (χ4v) is 3.71. The maximum absolute atomic E-state index is 13.3. The van der Waals surface area contributed by atoms with Crippen molar-refractivity contribution in [2.75, 3.05) is 11.9 Å². The van der Waals surface area contributed by atoms with Crippen molar-refractivity contribution in [1.82, 2.24) is 10.2 Å². The van der Waals surface area contributed by atoms with Gasteiger partial charge >= 0.3 is 11.9 Å². The normalized spacial score (nSPS) is 10.5. The number of aliphatic carboxylic acids is 1. The molecule has 0 aliphatic carbocycles. The number of carboxylic acids is 1. The van der Waals surface area contributed by atoms with Crippen LogP contribution in [0.2, 0.25) is 0 Å². The molecule has 4 aromatic rings. The summed E-state index contributed by atoms with van der Waals surface area (Å²) in [5.41, 5.74) is 3.32. The molecule has 1 heterocycles. The average Bonchev–Trinajstić information content (AvgIpc) is 2.86. The van der Waals surface area contributed by atoms with E-state index in [-0.39, 0.29) is 35.8 Å². The number of aromatic nitrogens is 2. The molecule has 35 heavy (non-hydrogen) atoms. The summed E-state index contributed by atoms with van der Waals surface area (Å²) in [4.78, 5) is 24.4. The molecular weight excluding hydrogens is 446 g/mol. The topological polar surface area (TPSA) is 122 Å². The van der Waals surface area contributed by atoms with Crippen LogP contribution < -0.4 is 5.32 Å². The van der Waals surface area contributed by atoms with Crippen molar-refractivity contribution in [2.24, 2.45) is 0 Å². The van der Waals surface area contributed by atoms with Crippen LogP contribution in [-0.2, 0) is 16.0 Å². The second-order valence-corrected chi connectivity index (χ2v) is 7.65. The summed E-state index contributed by atoms with van der Waals surface area (Å²) >= 11 is 0. The van der Waals surface area contributed by atoms with E-state index in [0.29, 0.717) is 16.8 Å². The van der Waals surface area contributed by atoms with Crippen LogP contribution in [0.15, 0.2) is 78.9 Å². The molecule has 3 N–H and O–H groups in total. The number of aromatic hydroxyl groups is 1. The van der Waals surface area contributed by atoms with Crippen LogP contribution in [0.4, 0.5) is 11.5 Å². The van der Waals surface area contributed by atoms with E-state index in [2.05, 4.69) is 15.5 Å². The molecule has 3 aromatic carbocycles. The van der Waals surface area contributed by atoms with Crippen LogP contribution in [0, 0.1) is 0 Å². The SMILES string of the molecule is CCOC(=O)c1c(Nc2cc(CC(=O)O)ccc2O)nnc(-c2ccccc2)c1-c1ccccc1. The van der Waals surface area contributed by atoms with Crippen LogP contribution in [0.25, 0.3) is 22.4 Å². The molecule has 0 aliphatic heterocycles. The molecule has 0 fully saturated rings. The fraction of sp³-hybridized carbons (Fsp3) is 0.111. The summed E-state index contributed by atoms with van der Waals surface area (Å²) < 4.78 is 5.38. The lowest BCUT2D eigenvalue weighted by molar-refractivity contribution is -0.136. The lowest BCUT2D eigenvalue weighted by Gasteiger charge is -2.18. The number of esters is 1. The molecule has 0 aliphatic rings. The number of carbonyl (C=O) groups is 2. The average molecular weight is 469 g/mol. The Hall–Kier alpha value is -4.72. The number of ether oxygens (including phenoxy) is 1. The number of nitrogens with zero attached hydrogens (tertiary/aromatic N) is 2. The molecule has 0 spiro atoms. The smallest absolute Gasteiger partial charge is 0.342 e. The minimum Gasteiger partial charge on any atom is -0.506 e. The number of carbonyl (C=O) groups excluding carboxylic acids is 1. The van der Waals surface area contributed by atoms with Gasteiger partial charge in [0.25, 0.3) is 0 Å². The Kier molecular flexibility index (Phi) is 7.02. The van der Waals surface area contributed by atoms with Gasteiger partial charge < -0.3 is 20.3 Å². The zero-order valence-electron chi connectivity index (χ0n) is 18.9. The molecule has 0 bridgehead atoms. The zero-order chi connectivity index (χ0) is 24.8. The third kappa shape index (κ3) is 5.27. The number of nitrogens with one attached hydrogen (secondary N) is 1. The highest BCUT2D eigenvalue weighted by molar-refractivity contribution is 6.05. The molecular formula is C27H23N3O5. The number of benzene rings is 3. The Morgan fingerprint density at radius 2 is 1.57 bits per heavy atom. The Bertz CT molecular complexity index is 1360. The molecule has 4 rings (SSSR count). The highest BCUT2D eigenvalue weighted by Gasteiger charge is 2.26. The lowest BCUT2D eigenvalue weighted by atomic mass is 9.95. The van der Waals surface area contributed by atoms with Gasteiger partial charge in [0.2, 0.25) is 0 Å². The van der Waals surface area contributed by atoms with Crippen molar-refractivity contribution < 1.29 is 24.5 Å². The van der Waals surface area contributed by atoms with E-state index in [1.165, 1.54) is 18.2 Å². The van der Waals surface area contributed by atoms with E-state index in [1.807, 2.05) is 60.7 Å². The van der Waals surface area contributed by atoms with Crippen LogP contribution in [-0.4, -0.2) is 39.0 Å². The fourth-order valence-electron chi connectivity index (χ4n) is 3.71. The zero-order valence-corrected chi connectivity index (χ0v) is 18.9. The highest BCUT2D eigenvalue weighted by Crippen LogP contribution is 2.38. The van der Waals surface area contributed by atoms with Gasteiger partial charge in [-0.3, -0.25) is 4.79 Å². The van der Waals surface area contributed by atoms with Gasteiger partial charge in [-0.1, -0.05) is 66.7 Å². The minimum atomic E-state index is -1.01. The van der Waals surface area contributed by atoms with Crippen molar-refractivity contribution in [3.05, 3.63) is 90.0 Å². The lowest BCUT2D eigenvalue weighted by Crippen LogP contribution is -2.14. The van der Waals surface area contributed by atoms with Crippen LogP contribution >= 0.6 is 0 Å². The molecule has 176 valence electrons. The molecule has 1 aromatic heterocycles. The van der Waals surface area contributed by atoms with E-state index in [4.69, 9.17) is 9.84 Å². The van der Waals surface area contributed by atoms with Crippen LogP contribution in [0.3, 0.4) is 0 Å². The summed E-state index contributed by atoms with van der Waals surface area (Å²) in [6, 6.07) is 23.1. The first-order valence-electron chi connectivity index (χ1n) is 11.0. The van der Waals surface area contributed by atoms with E-state index >= 15 is 0 Å².